The zero-order valence-electron chi connectivity index (χ0n) is 17.9. The molecule has 2 aromatic rings. The first-order valence-electron chi connectivity index (χ1n) is 11.4. The third kappa shape index (κ3) is 4.69. The van der Waals surface area contributed by atoms with Gasteiger partial charge >= 0.3 is 0 Å². The fourth-order valence-electron chi connectivity index (χ4n) is 5.21. The minimum absolute atomic E-state index is 0.335. The largest absolute Gasteiger partial charge is 0.494 e. The Morgan fingerprint density at radius 2 is 1.63 bits per heavy atom. The molecule has 0 bridgehead atoms. The molecule has 4 rings (SSSR count). The number of ether oxygens (including phenoxy) is 1. The third-order valence-electron chi connectivity index (χ3n) is 6.83. The van der Waals surface area contributed by atoms with Gasteiger partial charge in [0.1, 0.15) is 5.75 Å². The second-order valence-corrected chi connectivity index (χ2v) is 8.60. The molecule has 1 saturated heterocycles. The smallest absolute Gasteiger partial charge is 0.119 e. The molecule has 158 valence electrons. The third-order valence-corrected chi connectivity index (χ3v) is 6.83. The summed E-state index contributed by atoms with van der Waals surface area (Å²) in [6, 6.07) is 23.7. The van der Waals surface area contributed by atoms with Crippen LogP contribution in [0.4, 0.5) is 0 Å². The van der Waals surface area contributed by atoms with Crippen molar-refractivity contribution in [2.75, 3.05) is 39.3 Å². The van der Waals surface area contributed by atoms with Crippen molar-refractivity contribution >= 4 is 0 Å². The van der Waals surface area contributed by atoms with Gasteiger partial charge in [-0.15, -0.1) is 0 Å². The van der Waals surface area contributed by atoms with Gasteiger partial charge in [0.15, 0.2) is 0 Å². The molecule has 0 amide bonds. The van der Waals surface area contributed by atoms with E-state index in [9.17, 15) is 5.26 Å². The van der Waals surface area contributed by atoms with Gasteiger partial charge < -0.3 is 9.64 Å². The van der Waals surface area contributed by atoms with E-state index in [1.54, 1.807) is 0 Å². The van der Waals surface area contributed by atoms with Crippen LogP contribution < -0.4 is 4.74 Å². The molecule has 2 unspecified atom stereocenters. The Labute approximate surface area is 181 Å². The summed E-state index contributed by atoms with van der Waals surface area (Å²) in [5.74, 6) is 0.952. The van der Waals surface area contributed by atoms with Crippen LogP contribution in [0.1, 0.15) is 37.7 Å². The van der Waals surface area contributed by atoms with Crippen molar-refractivity contribution in [3.8, 4) is 11.8 Å². The molecule has 2 aliphatic rings. The van der Waals surface area contributed by atoms with Crippen LogP contribution in [0.25, 0.3) is 0 Å². The Hall–Kier alpha value is -2.35. The number of rotatable bonds is 7. The molecule has 0 N–H and O–H groups in total. The number of hydrogen-bond acceptors (Lipinski definition) is 4. The Balaban J connectivity index is 1.30. The summed E-state index contributed by atoms with van der Waals surface area (Å²) >= 11 is 0. The maximum absolute atomic E-state index is 10.3. The van der Waals surface area contributed by atoms with Crippen LogP contribution in [0.2, 0.25) is 0 Å². The van der Waals surface area contributed by atoms with Gasteiger partial charge in [0.2, 0.25) is 0 Å². The van der Waals surface area contributed by atoms with E-state index in [2.05, 4.69) is 40.1 Å². The van der Waals surface area contributed by atoms with Crippen LogP contribution >= 0.6 is 0 Å². The van der Waals surface area contributed by atoms with E-state index < -0.39 is 0 Å². The average Bonchev–Trinajstić information content (AvgIpc) is 2.83. The summed E-state index contributed by atoms with van der Waals surface area (Å²) in [4.78, 5) is 5.15. The minimum Gasteiger partial charge on any atom is -0.494 e. The lowest BCUT2D eigenvalue weighted by Gasteiger charge is -2.48. The maximum Gasteiger partial charge on any atom is 0.119 e. The van der Waals surface area contributed by atoms with Gasteiger partial charge in [0, 0.05) is 38.8 Å². The van der Waals surface area contributed by atoms with Crippen molar-refractivity contribution in [1.29, 1.82) is 5.26 Å². The fourth-order valence-corrected chi connectivity index (χ4v) is 5.21. The second kappa shape index (κ2) is 10.1. The number of piperazine rings is 1. The van der Waals surface area contributed by atoms with Crippen LogP contribution in [0.5, 0.6) is 5.75 Å². The standard InChI is InChI=1S/C26H33N3O/c27-22-26(23-10-3-1-4-11-23)15-8-7-14-25(26)29-19-17-28(18-20-29)16-9-21-30-24-12-5-2-6-13-24/h1-6,10-13,25H,7-9,14-21H2. The molecule has 4 nitrogen and oxygen atoms in total. The normalized spacial score (nSPS) is 25.5. The van der Waals surface area contributed by atoms with Crippen molar-refractivity contribution in [3.05, 3.63) is 66.2 Å². The topological polar surface area (TPSA) is 39.5 Å². The number of hydrogen-bond donors (Lipinski definition) is 0. The molecule has 0 spiro atoms. The summed E-state index contributed by atoms with van der Waals surface area (Å²) in [7, 11) is 0. The van der Waals surface area contributed by atoms with Crippen LogP contribution in [0, 0.1) is 11.3 Å². The maximum atomic E-state index is 10.3. The first-order chi connectivity index (χ1) is 14.8. The highest BCUT2D eigenvalue weighted by Crippen LogP contribution is 2.42. The van der Waals surface area contributed by atoms with Crippen molar-refractivity contribution in [1.82, 2.24) is 9.80 Å². The quantitative estimate of drug-likeness (QED) is 0.639. The van der Waals surface area contributed by atoms with Gasteiger partial charge in [-0.25, -0.2) is 0 Å². The van der Waals surface area contributed by atoms with E-state index >= 15 is 0 Å². The predicted molar refractivity (Wildman–Crippen MR) is 121 cm³/mol. The van der Waals surface area contributed by atoms with E-state index in [-0.39, 0.29) is 5.41 Å². The lowest BCUT2D eigenvalue weighted by molar-refractivity contribution is 0.0489. The van der Waals surface area contributed by atoms with Crippen LogP contribution in [-0.2, 0) is 5.41 Å². The highest BCUT2D eigenvalue weighted by atomic mass is 16.5. The van der Waals surface area contributed by atoms with E-state index in [1.807, 2.05) is 36.4 Å². The second-order valence-electron chi connectivity index (χ2n) is 8.60. The summed E-state index contributed by atoms with van der Waals surface area (Å²) in [5.41, 5.74) is 0.850. The van der Waals surface area contributed by atoms with Crippen molar-refractivity contribution in [3.63, 3.8) is 0 Å². The number of para-hydroxylation sites is 1. The Morgan fingerprint density at radius 1 is 0.933 bits per heavy atom. The van der Waals surface area contributed by atoms with Crippen molar-refractivity contribution in [2.45, 2.75) is 43.6 Å². The lowest BCUT2D eigenvalue weighted by atomic mass is 9.66. The molecule has 2 fully saturated rings. The van der Waals surface area contributed by atoms with Gasteiger partial charge in [-0.1, -0.05) is 61.4 Å². The van der Waals surface area contributed by atoms with Crippen molar-refractivity contribution in [2.24, 2.45) is 0 Å². The van der Waals surface area contributed by atoms with Gasteiger partial charge in [-0.05, 0) is 37.0 Å². The number of benzene rings is 2. The lowest BCUT2D eigenvalue weighted by Crippen LogP contribution is -2.58. The molecular formula is C26H33N3O. The molecule has 0 radical (unpaired) electrons. The summed E-state index contributed by atoms with van der Waals surface area (Å²) in [6.07, 6.45) is 5.55. The molecule has 2 aromatic carbocycles. The summed E-state index contributed by atoms with van der Waals surface area (Å²) in [5, 5.41) is 10.3. The van der Waals surface area contributed by atoms with Gasteiger partial charge in [0.25, 0.3) is 0 Å². The Bertz CT molecular complexity index is 811. The molecule has 1 aliphatic heterocycles. The van der Waals surface area contributed by atoms with E-state index in [0.29, 0.717) is 6.04 Å². The number of nitriles is 1. The highest BCUT2D eigenvalue weighted by Gasteiger charge is 2.45. The molecule has 1 saturated carbocycles. The van der Waals surface area contributed by atoms with Crippen LogP contribution in [0.3, 0.4) is 0 Å². The molecule has 2 atom stereocenters. The van der Waals surface area contributed by atoms with Crippen LogP contribution in [0.15, 0.2) is 60.7 Å². The summed E-state index contributed by atoms with van der Waals surface area (Å²) < 4.78 is 5.83. The molecule has 4 heteroatoms. The SMILES string of the molecule is N#CC1(c2ccccc2)CCCCC1N1CCN(CCCOc2ccccc2)CC1. The molecular weight excluding hydrogens is 370 g/mol. The zero-order valence-corrected chi connectivity index (χ0v) is 17.9. The minimum atomic E-state index is -0.356. The summed E-state index contributed by atoms with van der Waals surface area (Å²) in [6.45, 7) is 6.11. The molecule has 1 aliphatic carbocycles. The zero-order chi connectivity index (χ0) is 20.7. The number of nitrogens with zero attached hydrogens (tertiary/aromatic N) is 3. The molecule has 0 aromatic heterocycles. The first-order valence-corrected chi connectivity index (χ1v) is 11.4. The predicted octanol–water partition coefficient (Wildman–Crippen LogP) is 4.48. The van der Waals surface area contributed by atoms with Gasteiger partial charge in [-0.3, -0.25) is 4.90 Å². The highest BCUT2D eigenvalue weighted by molar-refractivity contribution is 5.36. The molecule has 30 heavy (non-hydrogen) atoms. The van der Waals surface area contributed by atoms with E-state index in [0.717, 1.165) is 70.8 Å². The monoisotopic (exact) mass is 403 g/mol. The van der Waals surface area contributed by atoms with Gasteiger partial charge in [-0.2, -0.15) is 5.26 Å². The first kappa shape index (κ1) is 20.9. The Kier molecular flexibility index (Phi) is 7.04. The van der Waals surface area contributed by atoms with Crippen molar-refractivity contribution < 1.29 is 4.74 Å². The fraction of sp³-hybridized carbons (Fsp3) is 0.500. The van der Waals surface area contributed by atoms with E-state index in [1.165, 1.54) is 12.0 Å². The molecule has 1 heterocycles. The van der Waals surface area contributed by atoms with E-state index in [4.69, 9.17) is 4.74 Å². The average molecular weight is 404 g/mol. The Morgan fingerprint density at radius 3 is 2.33 bits per heavy atom. The van der Waals surface area contributed by atoms with Crippen LogP contribution in [-0.4, -0.2) is 55.2 Å². The van der Waals surface area contributed by atoms with Gasteiger partial charge in [0.05, 0.1) is 18.1 Å².